The van der Waals surface area contributed by atoms with Gasteiger partial charge in [0.1, 0.15) is 13.2 Å². The topological polar surface area (TPSA) is 76.7 Å². The molecule has 0 radical (unpaired) electrons. The Balaban J connectivity index is 1.78. The molecular weight excluding hydrogens is 400 g/mol. The Morgan fingerprint density at radius 2 is 1.73 bits per heavy atom. The molecule has 1 aliphatic heterocycles. The lowest BCUT2D eigenvalue weighted by Crippen LogP contribution is -2.31. The smallest absolute Gasteiger partial charge is 0.262 e. The van der Waals surface area contributed by atoms with Crippen LogP contribution in [0.3, 0.4) is 0 Å². The SMILES string of the molecule is Cc1cc(NC(=O)C(C)(C)C)sc1C(=O)NC(c1ccc2c(c1)OCCO2)C(C)C. The molecular formula is C23H30N2O4S. The standard InChI is InChI=1S/C23H30N2O4S/c1-13(2)19(15-7-8-16-17(12-15)29-10-9-28-16)25-21(26)20-14(3)11-18(30-20)24-22(27)23(4,5)6/h7-8,11-13,19H,9-10H2,1-6H3,(H,24,27)(H,25,26). The van der Waals surface area contributed by atoms with E-state index in [9.17, 15) is 9.59 Å². The van der Waals surface area contributed by atoms with Crippen molar-refractivity contribution in [3.05, 3.63) is 40.3 Å². The highest BCUT2D eigenvalue weighted by Crippen LogP contribution is 2.35. The van der Waals surface area contributed by atoms with Crippen molar-refractivity contribution >= 4 is 28.2 Å². The number of nitrogens with one attached hydrogen (secondary N) is 2. The van der Waals surface area contributed by atoms with Crippen molar-refractivity contribution in [2.24, 2.45) is 11.3 Å². The van der Waals surface area contributed by atoms with Gasteiger partial charge in [-0.25, -0.2) is 0 Å². The first-order valence-electron chi connectivity index (χ1n) is 10.2. The Morgan fingerprint density at radius 1 is 1.07 bits per heavy atom. The summed E-state index contributed by atoms with van der Waals surface area (Å²) >= 11 is 1.30. The normalized spacial score (nSPS) is 14.4. The van der Waals surface area contributed by atoms with Gasteiger partial charge >= 0.3 is 0 Å². The first kappa shape index (κ1) is 22.2. The first-order chi connectivity index (χ1) is 14.1. The molecule has 1 unspecified atom stereocenters. The highest BCUT2D eigenvalue weighted by Gasteiger charge is 2.25. The summed E-state index contributed by atoms with van der Waals surface area (Å²) in [7, 11) is 0. The molecule has 1 aromatic heterocycles. The van der Waals surface area contributed by atoms with Gasteiger partial charge in [-0.1, -0.05) is 40.7 Å². The summed E-state index contributed by atoms with van der Waals surface area (Å²) in [4.78, 5) is 25.9. The molecule has 162 valence electrons. The van der Waals surface area contributed by atoms with E-state index in [-0.39, 0.29) is 23.8 Å². The summed E-state index contributed by atoms with van der Waals surface area (Å²) in [5, 5.41) is 6.74. The van der Waals surface area contributed by atoms with E-state index in [0.29, 0.717) is 28.8 Å². The Labute approximate surface area is 182 Å². The van der Waals surface area contributed by atoms with Gasteiger partial charge in [0.15, 0.2) is 11.5 Å². The molecule has 2 aromatic rings. The van der Waals surface area contributed by atoms with Crippen LogP contribution in [0, 0.1) is 18.3 Å². The number of ether oxygens (including phenoxy) is 2. The molecule has 1 aromatic carbocycles. The molecule has 0 saturated carbocycles. The zero-order valence-electron chi connectivity index (χ0n) is 18.4. The van der Waals surface area contributed by atoms with E-state index in [0.717, 1.165) is 16.9 Å². The monoisotopic (exact) mass is 430 g/mol. The molecule has 7 heteroatoms. The van der Waals surface area contributed by atoms with Crippen LogP contribution in [-0.4, -0.2) is 25.0 Å². The first-order valence-corrected chi connectivity index (χ1v) is 11.0. The van der Waals surface area contributed by atoms with Gasteiger partial charge in [0.25, 0.3) is 5.91 Å². The number of anilines is 1. The van der Waals surface area contributed by atoms with E-state index in [1.165, 1.54) is 11.3 Å². The summed E-state index contributed by atoms with van der Waals surface area (Å²) in [6, 6.07) is 7.46. The molecule has 0 saturated heterocycles. The predicted octanol–water partition coefficient (Wildman–Crippen LogP) is 4.94. The number of hydrogen-bond donors (Lipinski definition) is 2. The van der Waals surface area contributed by atoms with Gasteiger partial charge in [-0.05, 0) is 42.2 Å². The van der Waals surface area contributed by atoms with Crippen LogP contribution in [0.15, 0.2) is 24.3 Å². The van der Waals surface area contributed by atoms with Gasteiger partial charge in [0.05, 0.1) is 15.9 Å². The van der Waals surface area contributed by atoms with Crippen LogP contribution in [0.4, 0.5) is 5.00 Å². The molecule has 2 N–H and O–H groups in total. The number of rotatable bonds is 5. The van der Waals surface area contributed by atoms with Crippen LogP contribution in [0.1, 0.15) is 61.5 Å². The van der Waals surface area contributed by atoms with Gasteiger partial charge in [0.2, 0.25) is 5.91 Å². The van der Waals surface area contributed by atoms with Crippen LogP contribution in [0.2, 0.25) is 0 Å². The molecule has 2 heterocycles. The Morgan fingerprint density at radius 3 is 2.37 bits per heavy atom. The van der Waals surface area contributed by atoms with Crippen LogP contribution in [-0.2, 0) is 4.79 Å². The molecule has 1 atom stereocenters. The molecule has 0 fully saturated rings. The number of thiophene rings is 1. The highest BCUT2D eigenvalue weighted by atomic mass is 32.1. The van der Waals surface area contributed by atoms with Crippen molar-refractivity contribution < 1.29 is 19.1 Å². The van der Waals surface area contributed by atoms with E-state index in [2.05, 4.69) is 24.5 Å². The average Bonchev–Trinajstić information content (AvgIpc) is 3.04. The molecule has 30 heavy (non-hydrogen) atoms. The van der Waals surface area contributed by atoms with Crippen molar-refractivity contribution in [1.29, 1.82) is 0 Å². The van der Waals surface area contributed by atoms with Gasteiger partial charge in [0, 0.05) is 5.41 Å². The second-order valence-corrected chi connectivity index (χ2v) is 9.98. The minimum atomic E-state index is -0.499. The fourth-order valence-corrected chi connectivity index (χ4v) is 4.13. The van der Waals surface area contributed by atoms with Crippen molar-refractivity contribution in [2.75, 3.05) is 18.5 Å². The molecule has 1 aliphatic rings. The van der Waals surface area contributed by atoms with Crippen LogP contribution < -0.4 is 20.1 Å². The van der Waals surface area contributed by atoms with Gasteiger partial charge in [-0.3, -0.25) is 9.59 Å². The van der Waals surface area contributed by atoms with E-state index in [1.807, 2.05) is 52.0 Å². The van der Waals surface area contributed by atoms with E-state index >= 15 is 0 Å². The Kier molecular flexibility index (Phi) is 6.41. The van der Waals surface area contributed by atoms with Crippen LogP contribution in [0.25, 0.3) is 0 Å². The predicted molar refractivity (Wildman–Crippen MR) is 120 cm³/mol. The Bertz CT molecular complexity index is 943. The van der Waals surface area contributed by atoms with Crippen molar-refractivity contribution in [2.45, 2.75) is 47.6 Å². The molecule has 0 aliphatic carbocycles. The zero-order valence-corrected chi connectivity index (χ0v) is 19.2. The third kappa shape index (κ3) is 4.95. The van der Waals surface area contributed by atoms with Gasteiger partial charge in [-0.15, -0.1) is 11.3 Å². The maximum absolute atomic E-state index is 13.1. The van der Waals surface area contributed by atoms with Gasteiger partial charge in [-0.2, -0.15) is 0 Å². The zero-order chi connectivity index (χ0) is 22.1. The van der Waals surface area contributed by atoms with Crippen molar-refractivity contribution in [3.8, 4) is 11.5 Å². The molecule has 3 rings (SSSR count). The highest BCUT2D eigenvalue weighted by molar-refractivity contribution is 7.18. The second kappa shape index (κ2) is 8.68. The number of fused-ring (bicyclic) bond motifs is 1. The number of carbonyl (C=O) groups is 2. The largest absolute Gasteiger partial charge is 0.486 e. The lowest BCUT2D eigenvalue weighted by Gasteiger charge is -2.25. The lowest BCUT2D eigenvalue weighted by atomic mass is 9.95. The third-order valence-corrected chi connectivity index (χ3v) is 6.07. The number of benzene rings is 1. The molecule has 0 spiro atoms. The fourth-order valence-electron chi connectivity index (χ4n) is 3.16. The lowest BCUT2D eigenvalue weighted by molar-refractivity contribution is -0.123. The summed E-state index contributed by atoms with van der Waals surface area (Å²) in [5.74, 6) is 1.39. The van der Waals surface area contributed by atoms with E-state index in [4.69, 9.17) is 9.47 Å². The van der Waals surface area contributed by atoms with Crippen molar-refractivity contribution in [3.63, 3.8) is 0 Å². The molecule has 6 nitrogen and oxygen atoms in total. The second-order valence-electron chi connectivity index (χ2n) is 8.93. The summed E-state index contributed by atoms with van der Waals surface area (Å²) in [6.07, 6.45) is 0. The fraction of sp³-hybridized carbons (Fsp3) is 0.478. The number of amides is 2. The van der Waals surface area contributed by atoms with E-state index < -0.39 is 5.41 Å². The third-order valence-electron chi connectivity index (χ3n) is 4.92. The number of carbonyl (C=O) groups excluding carboxylic acids is 2. The summed E-state index contributed by atoms with van der Waals surface area (Å²) in [5.41, 5.74) is 1.31. The van der Waals surface area contributed by atoms with Gasteiger partial charge < -0.3 is 20.1 Å². The minimum absolute atomic E-state index is 0.0768. The number of hydrogen-bond acceptors (Lipinski definition) is 5. The minimum Gasteiger partial charge on any atom is -0.486 e. The molecule has 0 bridgehead atoms. The van der Waals surface area contributed by atoms with Crippen LogP contribution >= 0.6 is 11.3 Å². The summed E-state index contributed by atoms with van der Waals surface area (Å²) in [6.45, 7) is 12.7. The average molecular weight is 431 g/mol. The van der Waals surface area contributed by atoms with Crippen molar-refractivity contribution in [1.82, 2.24) is 5.32 Å². The quantitative estimate of drug-likeness (QED) is 0.704. The maximum atomic E-state index is 13.1. The van der Waals surface area contributed by atoms with E-state index in [1.54, 1.807) is 0 Å². The van der Waals surface area contributed by atoms with Crippen LogP contribution in [0.5, 0.6) is 11.5 Å². The number of aryl methyl sites for hydroxylation is 1. The Hall–Kier alpha value is -2.54. The summed E-state index contributed by atoms with van der Waals surface area (Å²) < 4.78 is 11.3. The maximum Gasteiger partial charge on any atom is 0.262 e. The molecule has 2 amide bonds.